The van der Waals surface area contributed by atoms with Gasteiger partial charge in [0.05, 0.1) is 35.8 Å². The molecule has 1 N–H and O–H groups in total. The molecule has 42 heavy (non-hydrogen) atoms. The van der Waals surface area contributed by atoms with Crippen molar-refractivity contribution in [1.82, 2.24) is 9.80 Å². The largest absolute Gasteiger partial charge is 0.465 e. The van der Waals surface area contributed by atoms with Crippen LogP contribution in [-0.2, 0) is 25.5 Å². The number of esters is 1. The van der Waals surface area contributed by atoms with Crippen molar-refractivity contribution in [1.29, 1.82) is 0 Å². The van der Waals surface area contributed by atoms with Crippen molar-refractivity contribution in [3.63, 3.8) is 0 Å². The summed E-state index contributed by atoms with van der Waals surface area (Å²) in [5, 5.41) is 10.6. The monoisotopic (exact) mass is 596 g/mol. The second-order valence-electron chi connectivity index (χ2n) is 13.9. The minimum absolute atomic E-state index is 0.0446. The third-order valence-corrected chi connectivity index (χ3v) is 11.0. The third kappa shape index (κ3) is 6.07. The molecule has 0 saturated carbocycles. The number of aliphatic hydroxyl groups excluding tert-OH is 1. The number of nitrogens with zero attached hydrogens (tertiary/aromatic N) is 2. The lowest BCUT2D eigenvalue weighted by atomic mass is 9.71. The first-order valence-corrected chi connectivity index (χ1v) is 16.0. The highest BCUT2D eigenvalue weighted by Crippen LogP contribution is 2.67. The van der Waals surface area contributed by atoms with E-state index in [0.29, 0.717) is 25.8 Å². The van der Waals surface area contributed by atoms with Crippen molar-refractivity contribution < 1.29 is 24.2 Å². The van der Waals surface area contributed by atoms with Gasteiger partial charge >= 0.3 is 5.97 Å². The molecule has 3 heterocycles. The van der Waals surface area contributed by atoms with Gasteiger partial charge in [0.25, 0.3) is 0 Å². The molecule has 230 valence electrons. The Bertz CT molecular complexity index is 1180. The second-order valence-corrected chi connectivity index (χ2v) is 15.5. The van der Waals surface area contributed by atoms with E-state index in [9.17, 15) is 19.5 Å². The van der Waals surface area contributed by atoms with Crippen LogP contribution in [0.25, 0.3) is 0 Å². The van der Waals surface area contributed by atoms with Crippen LogP contribution in [0.2, 0.25) is 0 Å². The Morgan fingerprint density at radius 3 is 2.48 bits per heavy atom. The van der Waals surface area contributed by atoms with Gasteiger partial charge in [0.2, 0.25) is 11.8 Å². The predicted octanol–water partition coefficient (Wildman–Crippen LogP) is 5.03. The van der Waals surface area contributed by atoms with E-state index in [0.717, 1.165) is 18.4 Å². The smallest absolute Gasteiger partial charge is 0.310 e. The van der Waals surface area contributed by atoms with E-state index in [1.165, 1.54) is 0 Å². The molecule has 3 aliphatic heterocycles. The maximum Gasteiger partial charge on any atom is 0.310 e. The molecule has 3 aliphatic rings. The average molecular weight is 597 g/mol. The van der Waals surface area contributed by atoms with Crippen molar-refractivity contribution in [3.8, 4) is 0 Å². The van der Waals surface area contributed by atoms with E-state index in [2.05, 4.69) is 47.8 Å². The van der Waals surface area contributed by atoms with Gasteiger partial charge in [-0.05, 0) is 56.9 Å². The molecule has 3 saturated heterocycles. The molecular weight excluding hydrogens is 548 g/mol. The van der Waals surface area contributed by atoms with Crippen LogP contribution in [0.3, 0.4) is 0 Å². The number of carbonyl (C=O) groups is 3. The maximum atomic E-state index is 15.0. The molecule has 1 aromatic rings. The highest BCUT2D eigenvalue weighted by molar-refractivity contribution is 8.02. The van der Waals surface area contributed by atoms with E-state index in [4.69, 9.17) is 4.74 Å². The number of amides is 2. The topological polar surface area (TPSA) is 87.1 Å². The van der Waals surface area contributed by atoms with Crippen molar-refractivity contribution in [2.24, 2.45) is 17.3 Å². The molecule has 2 bridgehead atoms. The minimum atomic E-state index is -0.809. The Morgan fingerprint density at radius 2 is 1.88 bits per heavy atom. The number of thioether (sulfide) groups is 1. The second kappa shape index (κ2) is 12.6. The first-order chi connectivity index (χ1) is 19.8. The summed E-state index contributed by atoms with van der Waals surface area (Å²) in [6, 6.07) is 8.30. The van der Waals surface area contributed by atoms with Gasteiger partial charge in [-0.1, -0.05) is 63.3 Å². The van der Waals surface area contributed by atoms with E-state index < -0.39 is 34.2 Å². The Balaban J connectivity index is 1.79. The van der Waals surface area contributed by atoms with Gasteiger partial charge in [-0.3, -0.25) is 14.4 Å². The highest BCUT2D eigenvalue weighted by atomic mass is 32.2. The summed E-state index contributed by atoms with van der Waals surface area (Å²) < 4.78 is 4.87. The first kappa shape index (κ1) is 32.3. The number of fused-ring (bicyclic) bond motifs is 1. The standard InChI is InChI=1S/C34H48N2O5S/c1-8-10-19-41-31(40)26-25-16-17-34(42-25)27(26)29(38)36(24(21-37)20-23-14-12-11-13-15-23)28(34)30(39)35(18-9-2)33(6,7)22-32(3,4)5/h8-9,11-15,24-28,37H,1-2,10,16-22H2,3-7H3/t24-,25-,26+,27+,28?,34?/m1/s1. The van der Waals surface area contributed by atoms with Crippen molar-refractivity contribution in [2.75, 3.05) is 19.8 Å². The molecule has 1 aromatic carbocycles. The molecule has 0 aliphatic carbocycles. The van der Waals surface area contributed by atoms with Gasteiger partial charge in [-0.15, -0.1) is 24.9 Å². The molecule has 2 unspecified atom stereocenters. The molecule has 0 aromatic heterocycles. The molecular formula is C34H48N2O5S. The lowest BCUT2D eigenvalue weighted by Crippen LogP contribution is -2.61. The van der Waals surface area contributed by atoms with Gasteiger partial charge in [0.1, 0.15) is 6.04 Å². The summed E-state index contributed by atoms with van der Waals surface area (Å²) in [4.78, 5) is 46.5. The zero-order chi connectivity index (χ0) is 30.9. The summed E-state index contributed by atoms with van der Waals surface area (Å²) in [7, 11) is 0. The highest BCUT2D eigenvalue weighted by Gasteiger charge is 2.75. The Labute approximate surface area is 255 Å². The molecule has 2 amide bonds. The van der Waals surface area contributed by atoms with E-state index in [-0.39, 0.29) is 41.7 Å². The Hall–Kier alpha value is -2.58. The number of benzene rings is 1. The third-order valence-electron chi connectivity index (χ3n) is 9.00. The summed E-state index contributed by atoms with van der Waals surface area (Å²) >= 11 is 1.62. The Morgan fingerprint density at radius 1 is 1.19 bits per heavy atom. The number of ether oxygens (including phenoxy) is 1. The zero-order valence-electron chi connectivity index (χ0n) is 25.9. The summed E-state index contributed by atoms with van der Waals surface area (Å²) in [6.07, 6.45) is 6.53. The van der Waals surface area contributed by atoms with Crippen LogP contribution < -0.4 is 0 Å². The lowest BCUT2D eigenvalue weighted by Gasteiger charge is -2.46. The molecule has 1 spiro atoms. The summed E-state index contributed by atoms with van der Waals surface area (Å²) in [5.41, 5.74) is 0.404. The Kier molecular flexibility index (Phi) is 9.68. The van der Waals surface area contributed by atoms with Crippen LogP contribution in [0.15, 0.2) is 55.6 Å². The van der Waals surface area contributed by atoms with Crippen molar-refractivity contribution in [3.05, 3.63) is 61.2 Å². The summed E-state index contributed by atoms with van der Waals surface area (Å²) in [6.45, 7) is 18.5. The van der Waals surface area contributed by atoms with E-state index in [1.54, 1.807) is 28.8 Å². The van der Waals surface area contributed by atoms with Crippen LogP contribution in [0.1, 0.15) is 65.9 Å². The van der Waals surface area contributed by atoms with Gasteiger partial charge in [0.15, 0.2) is 0 Å². The fraction of sp³-hybridized carbons (Fsp3) is 0.618. The van der Waals surface area contributed by atoms with Crippen molar-refractivity contribution >= 4 is 29.5 Å². The van der Waals surface area contributed by atoms with Gasteiger partial charge in [0, 0.05) is 17.3 Å². The van der Waals surface area contributed by atoms with Gasteiger partial charge < -0.3 is 19.6 Å². The fourth-order valence-corrected chi connectivity index (χ4v) is 10.0. The number of rotatable bonds is 13. The van der Waals surface area contributed by atoms with Crippen LogP contribution in [0.4, 0.5) is 0 Å². The van der Waals surface area contributed by atoms with Crippen molar-refractivity contribution in [2.45, 2.75) is 94.3 Å². The number of likely N-dealkylation sites (tertiary alicyclic amines) is 1. The van der Waals surface area contributed by atoms with E-state index in [1.807, 2.05) is 35.2 Å². The minimum Gasteiger partial charge on any atom is -0.465 e. The normalized spacial score (nSPS) is 27.5. The molecule has 7 nitrogen and oxygen atoms in total. The quantitative estimate of drug-likeness (QED) is 0.195. The lowest BCUT2D eigenvalue weighted by molar-refractivity contribution is -0.154. The number of carbonyl (C=O) groups excluding carboxylic acids is 3. The molecule has 0 radical (unpaired) electrons. The fourth-order valence-electron chi connectivity index (χ4n) is 7.81. The number of hydrogen-bond acceptors (Lipinski definition) is 6. The first-order valence-electron chi connectivity index (χ1n) is 15.2. The van der Waals surface area contributed by atoms with Crippen LogP contribution in [0, 0.1) is 17.3 Å². The molecule has 6 atom stereocenters. The maximum absolute atomic E-state index is 15.0. The number of aliphatic hydroxyl groups is 1. The van der Waals surface area contributed by atoms with Gasteiger partial charge in [-0.25, -0.2) is 0 Å². The molecule has 3 fully saturated rings. The molecule has 8 heteroatoms. The molecule has 4 rings (SSSR count). The van der Waals surface area contributed by atoms with E-state index >= 15 is 0 Å². The zero-order valence-corrected chi connectivity index (χ0v) is 26.7. The predicted molar refractivity (Wildman–Crippen MR) is 168 cm³/mol. The van der Waals surface area contributed by atoms with Crippen LogP contribution in [0.5, 0.6) is 0 Å². The SMILES string of the molecule is C=CCCOC(=O)[C@@H]1[C@H]2C(=O)N([C@@H](CO)Cc3ccccc3)C(C(=O)N(CC=C)C(C)(C)CC(C)(C)C)C23CC[C@H]1S3. The average Bonchev–Trinajstić information content (AvgIpc) is 3.56. The van der Waals surface area contributed by atoms with Crippen LogP contribution >= 0.6 is 11.8 Å². The number of hydrogen-bond donors (Lipinski definition) is 1. The van der Waals surface area contributed by atoms with Crippen LogP contribution in [-0.4, -0.2) is 80.1 Å². The summed E-state index contributed by atoms with van der Waals surface area (Å²) in [5.74, 6) is -2.03. The van der Waals surface area contributed by atoms with Gasteiger partial charge in [-0.2, -0.15) is 0 Å².